The maximum absolute atomic E-state index is 5.64. The van der Waals surface area contributed by atoms with E-state index in [0.29, 0.717) is 6.10 Å². The minimum absolute atomic E-state index is 0.249. The molecule has 0 amide bonds. The van der Waals surface area contributed by atoms with Crippen LogP contribution in [0.3, 0.4) is 0 Å². The molecule has 2 unspecified atom stereocenters. The summed E-state index contributed by atoms with van der Waals surface area (Å²) in [5.41, 5.74) is 5.64. The van der Waals surface area contributed by atoms with E-state index in [1.54, 1.807) is 0 Å². The fourth-order valence-corrected chi connectivity index (χ4v) is 1.10. The maximum Gasteiger partial charge on any atom is 0.0561 e. The molecule has 0 aliphatic carbocycles. The molecule has 0 heterocycles. The van der Waals surface area contributed by atoms with Crippen molar-refractivity contribution in [2.45, 2.75) is 52.7 Å². The van der Waals surface area contributed by atoms with Gasteiger partial charge >= 0.3 is 0 Å². The molecule has 0 saturated carbocycles. The molecule has 0 aromatic carbocycles. The van der Waals surface area contributed by atoms with Crippen LogP contribution in [0.25, 0.3) is 0 Å². The standard InChI is InChI=1S/C10H23NO/c1-8(2)5-6-12-10(4)7-9(3)11/h8-10H,5-7,11H2,1-4H3. The van der Waals surface area contributed by atoms with Crippen molar-refractivity contribution in [3.8, 4) is 0 Å². The molecule has 0 aromatic rings. The molecule has 0 radical (unpaired) electrons. The van der Waals surface area contributed by atoms with E-state index in [1.165, 1.54) is 0 Å². The second-order valence-electron chi connectivity index (χ2n) is 4.08. The van der Waals surface area contributed by atoms with Crippen molar-refractivity contribution >= 4 is 0 Å². The smallest absolute Gasteiger partial charge is 0.0561 e. The molecule has 12 heavy (non-hydrogen) atoms. The summed E-state index contributed by atoms with van der Waals surface area (Å²) < 4.78 is 5.58. The monoisotopic (exact) mass is 173 g/mol. The molecule has 0 rings (SSSR count). The van der Waals surface area contributed by atoms with Crippen molar-refractivity contribution in [2.75, 3.05) is 6.61 Å². The molecule has 2 N–H and O–H groups in total. The Labute approximate surface area is 76.5 Å². The Kier molecular flexibility index (Phi) is 6.39. The number of hydrogen-bond acceptors (Lipinski definition) is 2. The van der Waals surface area contributed by atoms with Crippen LogP contribution in [0.5, 0.6) is 0 Å². The van der Waals surface area contributed by atoms with Crippen LogP contribution >= 0.6 is 0 Å². The Morgan fingerprint density at radius 3 is 2.17 bits per heavy atom. The van der Waals surface area contributed by atoms with Crippen molar-refractivity contribution in [1.29, 1.82) is 0 Å². The highest BCUT2D eigenvalue weighted by atomic mass is 16.5. The third kappa shape index (κ3) is 8.02. The Morgan fingerprint density at radius 2 is 1.75 bits per heavy atom. The maximum atomic E-state index is 5.64. The molecule has 74 valence electrons. The van der Waals surface area contributed by atoms with Gasteiger partial charge in [-0.05, 0) is 32.6 Å². The predicted octanol–water partition coefficient (Wildman–Crippen LogP) is 2.17. The summed E-state index contributed by atoms with van der Waals surface area (Å²) in [5, 5.41) is 0. The first kappa shape index (κ1) is 11.9. The summed E-state index contributed by atoms with van der Waals surface area (Å²) in [6, 6.07) is 0.249. The van der Waals surface area contributed by atoms with Gasteiger partial charge in [-0.1, -0.05) is 13.8 Å². The minimum atomic E-state index is 0.249. The first-order chi connectivity index (χ1) is 5.52. The highest BCUT2D eigenvalue weighted by molar-refractivity contribution is 4.59. The Bertz CT molecular complexity index is 102. The summed E-state index contributed by atoms with van der Waals surface area (Å²) in [6.45, 7) is 9.39. The lowest BCUT2D eigenvalue weighted by Crippen LogP contribution is -2.23. The number of rotatable bonds is 6. The van der Waals surface area contributed by atoms with E-state index >= 15 is 0 Å². The molecule has 0 spiro atoms. The molecule has 0 saturated heterocycles. The summed E-state index contributed by atoms with van der Waals surface area (Å²) in [7, 11) is 0. The van der Waals surface area contributed by atoms with Gasteiger partial charge in [0.25, 0.3) is 0 Å². The first-order valence-corrected chi connectivity index (χ1v) is 4.89. The van der Waals surface area contributed by atoms with Crippen LogP contribution in [-0.4, -0.2) is 18.8 Å². The van der Waals surface area contributed by atoms with E-state index in [1.807, 2.05) is 6.92 Å². The van der Waals surface area contributed by atoms with E-state index in [2.05, 4.69) is 20.8 Å². The van der Waals surface area contributed by atoms with Gasteiger partial charge in [0.05, 0.1) is 6.10 Å². The molecular formula is C10H23NO. The van der Waals surface area contributed by atoms with Gasteiger partial charge in [-0.15, -0.1) is 0 Å². The molecule has 2 heteroatoms. The number of hydrogen-bond donors (Lipinski definition) is 1. The van der Waals surface area contributed by atoms with Gasteiger partial charge in [0.2, 0.25) is 0 Å². The van der Waals surface area contributed by atoms with Crippen molar-refractivity contribution in [2.24, 2.45) is 11.7 Å². The lowest BCUT2D eigenvalue weighted by molar-refractivity contribution is 0.0501. The summed E-state index contributed by atoms with van der Waals surface area (Å²) >= 11 is 0. The largest absolute Gasteiger partial charge is 0.378 e. The molecule has 0 aromatic heterocycles. The van der Waals surface area contributed by atoms with E-state index in [0.717, 1.165) is 25.4 Å². The van der Waals surface area contributed by atoms with Crippen LogP contribution in [0.15, 0.2) is 0 Å². The molecule has 2 nitrogen and oxygen atoms in total. The average molecular weight is 173 g/mol. The lowest BCUT2D eigenvalue weighted by atomic mass is 10.1. The van der Waals surface area contributed by atoms with Gasteiger partial charge in [-0.25, -0.2) is 0 Å². The normalized spacial score (nSPS) is 16.5. The fraction of sp³-hybridized carbons (Fsp3) is 1.00. The lowest BCUT2D eigenvalue weighted by Gasteiger charge is -2.15. The number of nitrogens with two attached hydrogens (primary N) is 1. The van der Waals surface area contributed by atoms with Crippen LogP contribution < -0.4 is 5.73 Å². The van der Waals surface area contributed by atoms with Crippen LogP contribution in [0.4, 0.5) is 0 Å². The highest BCUT2D eigenvalue weighted by Gasteiger charge is 2.05. The SMILES string of the molecule is CC(C)CCOC(C)CC(C)N. The van der Waals surface area contributed by atoms with Crippen LogP contribution in [0, 0.1) is 5.92 Å². The van der Waals surface area contributed by atoms with E-state index in [4.69, 9.17) is 10.5 Å². The van der Waals surface area contributed by atoms with Crippen molar-refractivity contribution in [3.05, 3.63) is 0 Å². The predicted molar refractivity (Wildman–Crippen MR) is 53.1 cm³/mol. The van der Waals surface area contributed by atoms with Gasteiger partial charge in [0.15, 0.2) is 0 Å². The van der Waals surface area contributed by atoms with Crippen LogP contribution in [0.2, 0.25) is 0 Å². The zero-order valence-corrected chi connectivity index (χ0v) is 8.84. The van der Waals surface area contributed by atoms with E-state index in [9.17, 15) is 0 Å². The fourth-order valence-electron chi connectivity index (χ4n) is 1.10. The third-order valence-electron chi connectivity index (χ3n) is 1.80. The summed E-state index contributed by atoms with van der Waals surface area (Å²) in [6.07, 6.45) is 2.41. The van der Waals surface area contributed by atoms with Crippen LogP contribution in [0.1, 0.15) is 40.5 Å². The quantitative estimate of drug-likeness (QED) is 0.668. The Hall–Kier alpha value is -0.0800. The first-order valence-electron chi connectivity index (χ1n) is 4.89. The van der Waals surface area contributed by atoms with Crippen molar-refractivity contribution < 1.29 is 4.74 Å². The second kappa shape index (κ2) is 6.44. The zero-order chi connectivity index (χ0) is 9.56. The average Bonchev–Trinajstić information content (AvgIpc) is 1.84. The second-order valence-corrected chi connectivity index (χ2v) is 4.08. The summed E-state index contributed by atoms with van der Waals surface area (Å²) in [5.74, 6) is 0.729. The van der Waals surface area contributed by atoms with Gasteiger partial charge in [-0.2, -0.15) is 0 Å². The van der Waals surface area contributed by atoms with Gasteiger partial charge in [-0.3, -0.25) is 0 Å². The highest BCUT2D eigenvalue weighted by Crippen LogP contribution is 2.04. The van der Waals surface area contributed by atoms with Gasteiger partial charge in [0, 0.05) is 12.6 Å². The number of ether oxygens (including phenoxy) is 1. The van der Waals surface area contributed by atoms with Crippen molar-refractivity contribution in [3.63, 3.8) is 0 Å². The van der Waals surface area contributed by atoms with Crippen LogP contribution in [-0.2, 0) is 4.74 Å². The molecule has 0 bridgehead atoms. The van der Waals surface area contributed by atoms with Gasteiger partial charge < -0.3 is 10.5 Å². The van der Waals surface area contributed by atoms with E-state index in [-0.39, 0.29) is 6.04 Å². The topological polar surface area (TPSA) is 35.2 Å². The zero-order valence-electron chi connectivity index (χ0n) is 8.84. The molecule has 0 aliphatic rings. The third-order valence-corrected chi connectivity index (χ3v) is 1.80. The molecule has 0 aliphatic heterocycles. The molecule has 0 fully saturated rings. The van der Waals surface area contributed by atoms with Gasteiger partial charge in [0.1, 0.15) is 0 Å². The summed E-state index contributed by atoms with van der Waals surface area (Å²) in [4.78, 5) is 0. The molecular weight excluding hydrogens is 150 g/mol. The molecule has 2 atom stereocenters. The Morgan fingerprint density at radius 1 is 1.17 bits per heavy atom. The van der Waals surface area contributed by atoms with Crippen molar-refractivity contribution in [1.82, 2.24) is 0 Å². The van der Waals surface area contributed by atoms with E-state index < -0.39 is 0 Å². The Balaban J connectivity index is 3.25. The minimum Gasteiger partial charge on any atom is -0.378 e.